The highest BCUT2D eigenvalue weighted by atomic mass is 16.5. The molecule has 16 heteroatoms. The normalized spacial score (nSPS) is 16.9. The molecule has 0 saturated carbocycles. The number of likely N-dealkylation sites (tertiary alicyclic amines) is 1. The van der Waals surface area contributed by atoms with E-state index in [-0.39, 0.29) is 41.7 Å². The Kier molecular flexibility index (Phi) is 11.4. The van der Waals surface area contributed by atoms with Gasteiger partial charge in [0, 0.05) is 49.9 Å². The number of unbranched alkanes of at least 4 members (excludes halogenated alkanes) is 1. The van der Waals surface area contributed by atoms with Gasteiger partial charge in [-0.25, -0.2) is 4.79 Å². The Morgan fingerprint density at radius 3 is 2.37 bits per heavy atom. The van der Waals surface area contributed by atoms with Crippen LogP contribution in [0, 0.1) is 0 Å². The van der Waals surface area contributed by atoms with Crippen molar-refractivity contribution in [2.24, 2.45) is 5.73 Å². The molecule has 3 aromatic carbocycles. The van der Waals surface area contributed by atoms with Gasteiger partial charge in [-0.3, -0.25) is 44.0 Å². The van der Waals surface area contributed by atoms with Crippen LogP contribution in [0.15, 0.2) is 72.9 Å². The van der Waals surface area contributed by atoms with Gasteiger partial charge in [0.25, 0.3) is 23.6 Å². The molecule has 1 aromatic heterocycles. The van der Waals surface area contributed by atoms with Crippen LogP contribution in [0.4, 0.5) is 16.2 Å². The molecule has 0 spiro atoms. The highest BCUT2D eigenvalue weighted by Gasteiger charge is 2.46. The smallest absolute Gasteiger partial charge is 0.317 e. The summed E-state index contributed by atoms with van der Waals surface area (Å²) >= 11 is 0. The number of anilines is 2. The number of para-hydroxylation sites is 1. The van der Waals surface area contributed by atoms with E-state index in [2.05, 4.69) is 32.3 Å². The van der Waals surface area contributed by atoms with Crippen molar-refractivity contribution in [1.82, 2.24) is 30.7 Å². The lowest BCUT2D eigenvalue weighted by atomic mass is 9.88. The summed E-state index contributed by atoms with van der Waals surface area (Å²) in [6.45, 7) is 1.52. The highest BCUT2D eigenvalue weighted by molar-refractivity contribution is 6.24. The molecule has 4 aromatic rings. The Labute approximate surface area is 327 Å². The van der Waals surface area contributed by atoms with Crippen LogP contribution in [0.1, 0.15) is 81.1 Å². The number of benzene rings is 3. The van der Waals surface area contributed by atoms with Crippen molar-refractivity contribution in [3.8, 4) is 5.75 Å². The van der Waals surface area contributed by atoms with Gasteiger partial charge in [0.15, 0.2) is 6.61 Å². The van der Waals surface area contributed by atoms with Gasteiger partial charge in [-0.15, -0.1) is 0 Å². The number of piperidine rings is 2. The van der Waals surface area contributed by atoms with Crippen LogP contribution in [0.25, 0.3) is 10.9 Å². The van der Waals surface area contributed by atoms with E-state index < -0.39 is 48.1 Å². The van der Waals surface area contributed by atoms with Gasteiger partial charge in [0.05, 0.1) is 27.9 Å². The van der Waals surface area contributed by atoms with Crippen molar-refractivity contribution in [2.75, 3.05) is 38.1 Å². The fraction of sp³-hybridized carbons (Fsp3) is 0.317. The highest BCUT2D eigenvalue weighted by Crippen LogP contribution is 2.36. The summed E-state index contributed by atoms with van der Waals surface area (Å²) < 4.78 is 5.63. The Balaban J connectivity index is 0.832. The number of rotatable bonds is 13. The second-order valence-electron chi connectivity index (χ2n) is 14.1. The van der Waals surface area contributed by atoms with Crippen LogP contribution >= 0.6 is 0 Å². The van der Waals surface area contributed by atoms with E-state index in [1.165, 1.54) is 24.4 Å². The zero-order valence-electron chi connectivity index (χ0n) is 31.0. The quantitative estimate of drug-likeness (QED) is 0.0985. The first-order chi connectivity index (χ1) is 27.6. The van der Waals surface area contributed by atoms with E-state index in [0.717, 1.165) is 39.9 Å². The van der Waals surface area contributed by atoms with Gasteiger partial charge >= 0.3 is 6.03 Å². The van der Waals surface area contributed by atoms with Crippen molar-refractivity contribution < 1.29 is 38.3 Å². The summed E-state index contributed by atoms with van der Waals surface area (Å²) in [5, 5.41) is 12.0. The maximum Gasteiger partial charge on any atom is 0.317 e. The summed E-state index contributed by atoms with van der Waals surface area (Å²) in [6, 6.07) is 18.8. The molecule has 6 N–H and O–H groups in total. The van der Waals surface area contributed by atoms with Crippen LogP contribution in [-0.2, 0) is 14.4 Å². The van der Waals surface area contributed by atoms with Gasteiger partial charge < -0.3 is 31.3 Å². The summed E-state index contributed by atoms with van der Waals surface area (Å²) in [5.74, 6) is -3.31. The molecule has 2 fully saturated rings. The number of nitrogens with zero attached hydrogens (tertiary/aromatic N) is 3. The molecule has 16 nitrogen and oxygen atoms in total. The number of nitrogens with one attached hydrogen (secondary N) is 4. The first kappa shape index (κ1) is 38.4. The largest absolute Gasteiger partial charge is 0.483 e. The molecule has 8 amide bonds. The van der Waals surface area contributed by atoms with E-state index >= 15 is 0 Å². The molecule has 3 aliphatic rings. The molecule has 1 unspecified atom stereocenters. The van der Waals surface area contributed by atoms with E-state index in [4.69, 9.17) is 10.5 Å². The van der Waals surface area contributed by atoms with Gasteiger partial charge in [-0.05, 0) is 80.0 Å². The number of aromatic nitrogens is 1. The van der Waals surface area contributed by atoms with Crippen molar-refractivity contribution in [3.63, 3.8) is 0 Å². The van der Waals surface area contributed by atoms with Crippen molar-refractivity contribution >= 4 is 63.8 Å². The lowest BCUT2D eigenvalue weighted by Crippen LogP contribution is -2.54. The van der Waals surface area contributed by atoms with Crippen LogP contribution in [0.5, 0.6) is 5.75 Å². The molecule has 1 atom stereocenters. The minimum atomic E-state index is -1.11. The minimum Gasteiger partial charge on any atom is -0.483 e. The van der Waals surface area contributed by atoms with Crippen LogP contribution in [0.3, 0.4) is 0 Å². The number of amides is 8. The number of primary amides is 1. The number of carbonyl (C=O) groups excluding carboxylic acids is 7. The second-order valence-corrected chi connectivity index (χ2v) is 14.1. The zero-order chi connectivity index (χ0) is 40.1. The summed E-state index contributed by atoms with van der Waals surface area (Å²) in [7, 11) is 0. The van der Waals surface area contributed by atoms with E-state index in [0.29, 0.717) is 50.3 Å². The molecule has 4 heterocycles. The van der Waals surface area contributed by atoms with Crippen LogP contribution < -0.4 is 31.7 Å². The molecular weight excluding hydrogens is 732 g/mol. The third kappa shape index (κ3) is 8.39. The molecule has 0 radical (unpaired) electrons. The third-order valence-electron chi connectivity index (χ3n) is 10.4. The van der Waals surface area contributed by atoms with Gasteiger partial charge in [-0.2, -0.15) is 0 Å². The average molecular weight is 775 g/mol. The summed E-state index contributed by atoms with van der Waals surface area (Å²) in [5.41, 5.74) is 9.31. The molecule has 2 saturated heterocycles. The minimum absolute atomic E-state index is 0.00409. The topological polar surface area (TPSA) is 222 Å². The molecular formula is C41H42N8O8. The Bertz CT molecular complexity index is 2260. The van der Waals surface area contributed by atoms with Gasteiger partial charge in [0.1, 0.15) is 11.8 Å². The van der Waals surface area contributed by atoms with Crippen LogP contribution in [-0.4, -0.2) is 95.1 Å². The predicted octanol–water partition coefficient (Wildman–Crippen LogP) is 3.34. The van der Waals surface area contributed by atoms with Crippen molar-refractivity contribution in [2.45, 2.75) is 50.5 Å². The predicted molar refractivity (Wildman–Crippen MR) is 208 cm³/mol. The second kappa shape index (κ2) is 16.9. The average Bonchev–Trinajstić information content (AvgIpc) is 3.47. The number of pyridine rings is 1. The van der Waals surface area contributed by atoms with E-state index in [1.54, 1.807) is 4.90 Å². The van der Waals surface area contributed by atoms with Gasteiger partial charge in [-0.1, -0.05) is 30.3 Å². The number of nitrogens with two attached hydrogens (primary N) is 1. The van der Waals surface area contributed by atoms with Crippen molar-refractivity contribution in [1.29, 1.82) is 0 Å². The Morgan fingerprint density at radius 1 is 0.877 bits per heavy atom. The van der Waals surface area contributed by atoms with Crippen LogP contribution in [0.2, 0.25) is 0 Å². The van der Waals surface area contributed by atoms with E-state index in [9.17, 15) is 33.6 Å². The molecule has 7 rings (SSSR count). The zero-order valence-corrected chi connectivity index (χ0v) is 31.0. The number of hydrogen-bond donors (Lipinski definition) is 5. The molecule has 0 bridgehead atoms. The molecule has 294 valence electrons. The number of urea groups is 1. The van der Waals surface area contributed by atoms with Crippen molar-refractivity contribution in [3.05, 3.63) is 95.2 Å². The van der Waals surface area contributed by atoms with E-state index in [1.807, 2.05) is 42.5 Å². The molecule has 3 aliphatic heterocycles. The molecule has 0 aliphatic carbocycles. The lowest BCUT2D eigenvalue weighted by Gasteiger charge is -2.32. The first-order valence-corrected chi connectivity index (χ1v) is 18.9. The number of carbonyl (C=O) groups is 7. The monoisotopic (exact) mass is 774 g/mol. The number of ether oxygens (including phenoxy) is 1. The number of fused-ring (bicyclic) bond motifs is 2. The summed E-state index contributed by atoms with van der Waals surface area (Å²) in [6.07, 6.45) is 4.29. The van der Waals surface area contributed by atoms with Gasteiger partial charge in [0.2, 0.25) is 11.8 Å². The summed E-state index contributed by atoms with van der Waals surface area (Å²) in [4.78, 5) is 95.1. The third-order valence-corrected chi connectivity index (χ3v) is 10.4. The fourth-order valence-corrected chi connectivity index (χ4v) is 7.45. The Morgan fingerprint density at radius 2 is 1.63 bits per heavy atom. The maximum absolute atomic E-state index is 13.2. The Hall–Kier alpha value is -6.84. The molecule has 57 heavy (non-hydrogen) atoms. The lowest BCUT2D eigenvalue weighted by molar-refractivity contribution is -0.136. The number of imide groups is 2. The SMILES string of the molecule is NC(=O)c1cnc2ccc(C3CCN(C(=O)NCCCCNC(=O)COc4cccc5c4C(=O)N(C4CCC(=O)NC4=O)C5=O)CC3)cc2c1Nc1ccccc1. The fourth-order valence-electron chi connectivity index (χ4n) is 7.45. The number of hydrogen-bond acceptors (Lipinski definition) is 10. The standard InChI is InChI=1S/C41H42N8O8/c42-37(52)29-22-45-30-12-11-25(21-28(30)36(29)46-26-7-2-1-3-8-26)24-15-19-48(20-16-24)41(56)44-18-5-4-17-43-34(51)23-57-32-10-6-9-27-35(32)40(55)49(39(27)54)31-13-14-33(50)47-38(31)53/h1-3,6-12,21-22,24,31H,4-5,13-20,23H2,(H2,42,52)(H,43,51)(H,44,56)(H,45,46)(H,47,50,53). The first-order valence-electron chi connectivity index (χ1n) is 18.9. The maximum atomic E-state index is 13.2.